The predicted molar refractivity (Wildman–Crippen MR) is 78.8 cm³/mol. The van der Waals surface area contributed by atoms with E-state index in [1.54, 1.807) is 12.4 Å². The number of imidazole rings is 2. The van der Waals surface area contributed by atoms with Gasteiger partial charge in [-0.2, -0.15) is 0 Å². The van der Waals surface area contributed by atoms with E-state index in [1.807, 2.05) is 24.3 Å². The summed E-state index contributed by atoms with van der Waals surface area (Å²) in [5.74, 6) is 0.487. The smallest absolute Gasteiger partial charge is 0.289 e. The summed E-state index contributed by atoms with van der Waals surface area (Å²) < 4.78 is 2.06. The van der Waals surface area contributed by atoms with Gasteiger partial charge in [0.05, 0.1) is 6.33 Å². The van der Waals surface area contributed by atoms with Gasteiger partial charge in [0, 0.05) is 43.4 Å². The van der Waals surface area contributed by atoms with Gasteiger partial charge >= 0.3 is 0 Å². The van der Waals surface area contributed by atoms with Crippen molar-refractivity contribution in [3.63, 3.8) is 0 Å². The molecule has 0 unspecified atom stereocenters. The van der Waals surface area contributed by atoms with Gasteiger partial charge in [-0.15, -0.1) is 0 Å². The number of nitrogens with one attached hydrogen (secondary N) is 1. The van der Waals surface area contributed by atoms with E-state index in [1.165, 1.54) is 6.42 Å². The third-order valence-corrected chi connectivity index (χ3v) is 4.07. The number of likely N-dealkylation sites (tertiary alicyclic amines) is 1. The van der Waals surface area contributed by atoms with Crippen molar-refractivity contribution in [3.8, 4) is 0 Å². The Hall–Kier alpha value is -2.11. The van der Waals surface area contributed by atoms with Gasteiger partial charge in [0.2, 0.25) is 0 Å². The van der Waals surface area contributed by atoms with E-state index in [4.69, 9.17) is 0 Å². The average Bonchev–Trinajstić information content (AvgIpc) is 3.16. The lowest BCUT2D eigenvalue weighted by molar-refractivity contribution is 0.0584. The van der Waals surface area contributed by atoms with Crippen LogP contribution in [0.2, 0.25) is 0 Å². The Bertz CT molecular complexity index is 589. The van der Waals surface area contributed by atoms with Crippen LogP contribution in [0.3, 0.4) is 0 Å². The van der Waals surface area contributed by atoms with Crippen LogP contribution in [0, 0.1) is 6.92 Å². The molecular formula is C15H21N5O. The van der Waals surface area contributed by atoms with Crippen LogP contribution in [0.5, 0.6) is 0 Å². The van der Waals surface area contributed by atoms with Crippen LogP contribution in [0.4, 0.5) is 0 Å². The molecule has 21 heavy (non-hydrogen) atoms. The lowest BCUT2D eigenvalue weighted by Gasteiger charge is -2.35. The van der Waals surface area contributed by atoms with Gasteiger partial charge in [0.15, 0.2) is 5.82 Å². The zero-order valence-electron chi connectivity index (χ0n) is 12.3. The number of hydrogen-bond acceptors (Lipinski definition) is 3. The summed E-state index contributed by atoms with van der Waals surface area (Å²) in [6.07, 6.45) is 11.6. The van der Waals surface area contributed by atoms with E-state index < -0.39 is 0 Å². The van der Waals surface area contributed by atoms with Gasteiger partial charge in [-0.25, -0.2) is 9.97 Å². The SMILES string of the molecule is Cc1cnc(C(=O)N2CCCC[C@H]2CCn2ccnc2)[nH]1. The Morgan fingerprint density at radius 3 is 3.10 bits per heavy atom. The molecular weight excluding hydrogens is 266 g/mol. The Kier molecular flexibility index (Phi) is 4.03. The Labute approximate surface area is 124 Å². The summed E-state index contributed by atoms with van der Waals surface area (Å²) in [7, 11) is 0. The molecule has 1 aliphatic rings. The van der Waals surface area contributed by atoms with Crippen molar-refractivity contribution in [2.75, 3.05) is 6.54 Å². The molecule has 6 heteroatoms. The van der Waals surface area contributed by atoms with E-state index >= 15 is 0 Å². The first kappa shape index (κ1) is 13.9. The Morgan fingerprint density at radius 1 is 1.48 bits per heavy atom. The third-order valence-electron chi connectivity index (χ3n) is 4.07. The molecule has 6 nitrogen and oxygen atoms in total. The number of piperidine rings is 1. The zero-order chi connectivity index (χ0) is 14.7. The summed E-state index contributed by atoms with van der Waals surface area (Å²) in [5.41, 5.74) is 0.922. The fraction of sp³-hybridized carbons (Fsp3) is 0.533. The van der Waals surface area contributed by atoms with Crippen molar-refractivity contribution in [1.82, 2.24) is 24.4 Å². The summed E-state index contributed by atoms with van der Waals surface area (Å²) in [4.78, 5) is 25.9. The number of rotatable bonds is 4. The monoisotopic (exact) mass is 287 g/mol. The maximum absolute atomic E-state index is 12.6. The number of aryl methyl sites for hydroxylation is 2. The van der Waals surface area contributed by atoms with Gasteiger partial charge < -0.3 is 14.5 Å². The molecule has 0 spiro atoms. The quantitative estimate of drug-likeness (QED) is 0.935. The summed E-state index contributed by atoms with van der Waals surface area (Å²) in [6.45, 7) is 3.63. The first-order valence-electron chi connectivity index (χ1n) is 7.52. The topological polar surface area (TPSA) is 66.8 Å². The molecule has 0 bridgehead atoms. The van der Waals surface area contributed by atoms with Crippen LogP contribution >= 0.6 is 0 Å². The molecule has 1 amide bonds. The van der Waals surface area contributed by atoms with Crippen LogP contribution in [-0.4, -0.2) is 42.9 Å². The normalized spacial score (nSPS) is 18.9. The summed E-state index contributed by atoms with van der Waals surface area (Å²) >= 11 is 0. The fourth-order valence-electron chi connectivity index (χ4n) is 2.94. The lowest BCUT2D eigenvalue weighted by atomic mass is 9.99. The van der Waals surface area contributed by atoms with Crippen molar-refractivity contribution in [2.24, 2.45) is 0 Å². The molecule has 0 saturated carbocycles. The Balaban J connectivity index is 1.67. The second-order valence-electron chi connectivity index (χ2n) is 5.65. The van der Waals surface area contributed by atoms with E-state index in [0.717, 1.165) is 38.0 Å². The standard InChI is InChI=1S/C15H21N5O/c1-12-10-17-14(18-12)15(21)20-7-3-2-4-13(20)5-8-19-9-6-16-11-19/h6,9-11,13H,2-5,7-8H2,1H3,(H,17,18)/t13-/m0/s1. The number of carbonyl (C=O) groups excluding carboxylic acids is 1. The highest BCUT2D eigenvalue weighted by Crippen LogP contribution is 2.22. The Morgan fingerprint density at radius 2 is 2.38 bits per heavy atom. The van der Waals surface area contributed by atoms with Crippen molar-refractivity contribution < 1.29 is 4.79 Å². The zero-order valence-corrected chi connectivity index (χ0v) is 12.3. The van der Waals surface area contributed by atoms with Gasteiger partial charge in [-0.1, -0.05) is 0 Å². The van der Waals surface area contributed by atoms with Crippen LogP contribution in [0.15, 0.2) is 24.9 Å². The molecule has 1 fully saturated rings. The van der Waals surface area contributed by atoms with E-state index in [-0.39, 0.29) is 5.91 Å². The van der Waals surface area contributed by atoms with Gasteiger partial charge in [0.25, 0.3) is 5.91 Å². The number of carbonyl (C=O) groups is 1. The third kappa shape index (κ3) is 3.15. The first-order valence-corrected chi connectivity index (χ1v) is 7.52. The van der Waals surface area contributed by atoms with Gasteiger partial charge in [-0.3, -0.25) is 4.79 Å². The van der Waals surface area contributed by atoms with Crippen molar-refractivity contribution in [1.29, 1.82) is 0 Å². The molecule has 3 rings (SSSR count). The number of H-pyrrole nitrogens is 1. The van der Waals surface area contributed by atoms with Crippen LogP contribution in [-0.2, 0) is 6.54 Å². The molecule has 1 atom stereocenters. The van der Waals surface area contributed by atoms with Crippen LogP contribution < -0.4 is 0 Å². The van der Waals surface area contributed by atoms with Gasteiger partial charge in [-0.05, 0) is 32.6 Å². The maximum atomic E-state index is 12.6. The number of hydrogen-bond donors (Lipinski definition) is 1. The molecule has 0 aromatic carbocycles. The highest BCUT2D eigenvalue weighted by Gasteiger charge is 2.28. The predicted octanol–water partition coefficient (Wildman–Crippen LogP) is 2.00. The van der Waals surface area contributed by atoms with E-state index in [2.05, 4.69) is 19.5 Å². The van der Waals surface area contributed by atoms with Crippen molar-refractivity contribution in [3.05, 3.63) is 36.4 Å². The van der Waals surface area contributed by atoms with Crippen LogP contribution in [0.1, 0.15) is 42.0 Å². The highest BCUT2D eigenvalue weighted by atomic mass is 16.2. The lowest BCUT2D eigenvalue weighted by Crippen LogP contribution is -2.44. The molecule has 0 radical (unpaired) electrons. The fourth-order valence-corrected chi connectivity index (χ4v) is 2.94. The molecule has 2 aromatic rings. The summed E-state index contributed by atoms with van der Waals surface area (Å²) in [5, 5.41) is 0. The highest BCUT2D eigenvalue weighted by molar-refractivity contribution is 5.90. The van der Waals surface area contributed by atoms with Gasteiger partial charge in [0.1, 0.15) is 0 Å². The van der Waals surface area contributed by atoms with E-state index in [9.17, 15) is 4.79 Å². The minimum atomic E-state index is 0.0263. The first-order chi connectivity index (χ1) is 10.2. The summed E-state index contributed by atoms with van der Waals surface area (Å²) in [6, 6.07) is 0.291. The number of amides is 1. The minimum Gasteiger partial charge on any atom is -0.338 e. The number of aromatic amines is 1. The molecule has 0 aliphatic carbocycles. The van der Waals surface area contributed by atoms with Crippen LogP contribution in [0.25, 0.3) is 0 Å². The van der Waals surface area contributed by atoms with E-state index in [0.29, 0.717) is 11.9 Å². The molecule has 1 saturated heterocycles. The molecule has 112 valence electrons. The second-order valence-corrected chi connectivity index (χ2v) is 5.65. The molecule has 3 heterocycles. The molecule has 1 aliphatic heterocycles. The number of nitrogens with zero attached hydrogens (tertiary/aromatic N) is 4. The average molecular weight is 287 g/mol. The molecule has 2 aromatic heterocycles. The second kappa shape index (κ2) is 6.11. The molecule has 1 N–H and O–H groups in total. The largest absolute Gasteiger partial charge is 0.338 e. The number of aromatic nitrogens is 4. The minimum absolute atomic E-state index is 0.0263. The van der Waals surface area contributed by atoms with Crippen molar-refractivity contribution in [2.45, 2.75) is 45.2 Å². The van der Waals surface area contributed by atoms with Crippen molar-refractivity contribution >= 4 is 5.91 Å². The maximum Gasteiger partial charge on any atom is 0.289 e.